The predicted molar refractivity (Wildman–Crippen MR) is 88.0 cm³/mol. The van der Waals surface area contributed by atoms with Crippen LogP contribution in [0.1, 0.15) is 34.3 Å². The van der Waals surface area contributed by atoms with Gasteiger partial charge in [0.2, 0.25) is 0 Å². The van der Waals surface area contributed by atoms with E-state index in [2.05, 4.69) is 41.2 Å². The molecule has 1 aliphatic rings. The van der Waals surface area contributed by atoms with Gasteiger partial charge in [-0.3, -0.25) is 9.88 Å². The lowest BCUT2D eigenvalue weighted by atomic mass is 10.0. The molecule has 1 saturated heterocycles. The minimum Gasteiger partial charge on any atom is -0.388 e. The van der Waals surface area contributed by atoms with Gasteiger partial charge in [0, 0.05) is 48.0 Å². The minimum atomic E-state index is 0.547. The number of likely N-dealkylation sites (tertiary alicyclic amines) is 1. The molecule has 0 spiro atoms. The standard InChI is InChI=1S/C16H22N4S/c1-11-6-14(17-3)7-15(19-11)13-4-5-20(8-13)9-16-12(2)18-10-21-16/h6-7,10,13H,4-5,8-9H2,1-3H3,(H,17,19)/t13-/m1/s1. The maximum absolute atomic E-state index is 4.74. The molecule has 0 bridgehead atoms. The Morgan fingerprint density at radius 2 is 2.24 bits per heavy atom. The molecule has 21 heavy (non-hydrogen) atoms. The Morgan fingerprint density at radius 1 is 1.38 bits per heavy atom. The summed E-state index contributed by atoms with van der Waals surface area (Å²) in [6.07, 6.45) is 1.19. The van der Waals surface area contributed by atoms with Crippen molar-refractivity contribution in [2.45, 2.75) is 32.7 Å². The first-order chi connectivity index (χ1) is 10.2. The van der Waals surface area contributed by atoms with E-state index < -0.39 is 0 Å². The Hall–Kier alpha value is -1.46. The Morgan fingerprint density at radius 3 is 2.95 bits per heavy atom. The fourth-order valence-corrected chi connectivity index (χ4v) is 3.76. The largest absolute Gasteiger partial charge is 0.388 e. The molecule has 4 nitrogen and oxygen atoms in total. The van der Waals surface area contributed by atoms with Crippen molar-refractivity contribution in [3.63, 3.8) is 0 Å². The number of anilines is 1. The van der Waals surface area contributed by atoms with Crippen LogP contribution >= 0.6 is 11.3 Å². The number of rotatable bonds is 4. The highest BCUT2D eigenvalue weighted by Gasteiger charge is 2.26. The Kier molecular flexibility index (Phi) is 4.22. The molecule has 0 saturated carbocycles. The minimum absolute atomic E-state index is 0.547. The quantitative estimate of drug-likeness (QED) is 0.942. The van der Waals surface area contributed by atoms with Crippen LogP contribution in [-0.4, -0.2) is 35.0 Å². The third-order valence-corrected chi connectivity index (χ3v) is 5.08. The molecule has 2 aromatic heterocycles. The maximum atomic E-state index is 4.74. The second-order valence-electron chi connectivity index (χ2n) is 5.75. The topological polar surface area (TPSA) is 41.1 Å². The molecule has 0 amide bonds. The van der Waals surface area contributed by atoms with Crippen LogP contribution in [0.4, 0.5) is 5.69 Å². The normalized spacial score (nSPS) is 19.1. The number of hydrogen-bond donors (Lipinski definition) is 1. The number of aryl methyl sites for hydroxylation is 2. The molecule has 0 unspecified atom stereocenters. The fourth-order valence-electron chi connectivity index (χ4n) is 2.95. The molecule has 1 atom stereocenters. The number of pyridine rings is 1. The summed E-state index contributed by atoms with van der Waals surface area (Å²) in [4.78, 5) is 13.0. The second kappa shape index (κ2) is 6.12. The molecule has 0 aromatic carbocycles. The average Bonchev–Trinajstić information content (AvgIpc) is 3.09. The van der Waals surface area contributed by atoms with Crippen molar-refractivity contribution in [1.82, 2.24) is 14.9 Å². The smallest absolute Gasteiger partial charge is 0.0798 e. The van der Waals surface area contributed by atoms with Gasteiger partial charge < -0.3 is 5.32 Å². The van der Waals surface area contributed by atoms with E-state index in [0.717, 1.165) is 31.0 Å². The molecule has 1 N–H and O–H groups in total. The lowest BCUT2D eigenvalue weighted by Gasteiger charge is -2.16. The Labute approximate surface area is 130 Å². The van der Waals surface area contributed by atoms with Gasteiger partial charge in [-0.05, 0) is 38.9 Å². The first-order valence-corrected chi connectivity index (χ1v) is 8.31. The van der Waals surface area contributed by atoms with Crippen LogP contribution < -0.4 is 5.32 Å². The summed E-state index contributed by atoms with van der Waals surface area (Å²) in [5.74, 6) is 0.547. The van der Waals surface area contributed by atoms with Gasteiger partial charge in [0.15, 0.2) is 0 Å². The number of nitrogens with zero attached hydrogens (tertiary/aromatic N) is 3. The van der Waals surface area contributed by atoms with E-state index >= 15 is 0 Å². The third-order valence-electron chi connectivity index (χ3n) is 4.16. The first kappa shape index (κ1) is 14.5. The predicted octanol–water partition coefficient (Wildman–Crippen LogP) is 3.19. The zero-order chi connectivity index (χ0) is 14.8. The van der Waals surface area contributed by atoms with Crippen molar-refractivity contribution < 1.29 is 0 Å². The van der Waals surface area contributed by atoms with E-state index in [-0.39, 0.29) is 0 Å². The van der Waals surface area contributed by atoms with E-state index in [1.165, 1.54) is 22.7 Å². The summed E-state index contributed by atoms with van der Waals surface area (Å²) in [5.41, 5.74) is 6.60. The molecular formula is C16H22N4S. The highest BCUT2D eigenvalue weighted by atomic mass is 32.1. The first-order valence-electron chi connectivity index (χ1n) is 7.43. The number of nitrogens with one attached hydrogen (secondary N) is 1. The third kappa shape index (κ3) is 3.24. The summed E-state index contributed by atoms with van der Waals surface area (Å²) in [6.45, 7) is 7.43. The number of aromatic nitrogens is 2. The maximum Gasteiger partial charge on any atom is 0.0798 e. The van der Waals surface area contributed by atoms with Crippen LogP contribution in [0.3, 0.4) is 0 Å². The van der Waals surface area contributed by atoms with Gasteiger partial charge in [0.1, 0.15) is 0 Å². The van der Waals surface area contributed by atoms with Crippen LogP contribution in [0.2, 0.25) is 0 Å². The molecule has 1 fully saturated rings. The van der Waals surface area contributed by atoms with Crippen LogP contribution in [0, 0.1) is 13.8 Å². The molecule has 0 aliphatic carbocycles. The molecule has 3 heterocycles. The van der Waals surface area contributed by atoms with Crippen molar-refractivity contribution in [2.75, 3.05) is 25.5 Å². The fraction of sp³-hybridized carbons (Fsp3) is 0.500. The van der Waals surface area contributed by atoms with Gasteiger partial charge in [-0.1, -0.05) is 0 Å². The lowest BCUT2D eigenvalue weighted by molar-refractivity contribution is 0.328. The molecule has 0 radical (unpaired) electrons. The van der Waals surface area contributed by atoms with Crippen molar-refractivity contribution in [2.24, 2.45) is 0 Å². The molecule has 2 aromatic rings. The lowest BCUT2D eigenvalue weighted by Crippen LogP contribution is -2.19. The van der Waals surface area contributed by atoms with Gasteiger partial charge in [-0.15, -0.1) is 11.3 Å². The van der Waals surface area contributed by atoms with Crippen molar-refractivity contribution in [1.29, 1.82) is 0 Å². The monoisotopic (exact) mass is 302 g/mol. The van der Waals surface area contributed by atoms with Crippen LogP contribution in [0.25, 0.3) is 0 Å². The van der Waals surface area contributed by atoms with Crippen LogP contribution in [0.5, 0.6) is 0 Å². The summed E-state index contributed by atoms with van der Waals surface area (Å²) in [6, 6.07) is 4.29. The van der Waals surface area contributed by atoms with E-state index in [0.29, 0.717) is 5.92 Å². The van der Waals surface area contributed by atoms with Gasteiger partial charge >= 0.3 is 0 Å². The number of hydrogen-bond acceptors (Lipinski definition) is 5. The molecular weight excluding hydrogens is 280 g/mol. The molecule has 112 valence electrons. The summed E-state index contributed by atoms with van der Waals surface area (Å²) in [5, 5.41) is 3.23. The summed E-state index contributed by atoms with van der Waals surface area (Å²) < 4.78 is 0. The summed E-state index contributed by atoms with van der Waals surface area (Å²) >= 11 is 1.76. The average molecular weight is 302 g/mol. The zero-order valence-electron chi connectivity index (χ0n) is 12.9. The highest BCUT2D eigenvalue weighted by molar-refractivity contribution is 7.09. The second-order valence-corrected chi connectivity index (χ2v) is 6.69. The molecule has 5 heteroatoms. The SMILES string of the molecule is CNc1cc(C)nc([C@@H]2CCN(Cc3scnc3C)C2)c1. The van der Waals surface area contributed by atoms with Crippen molar-refractivity contribution in [3.05, 3.63) is 39.6 Å². The van der Waals surface area contributed by atoms with E-state index in [4.69, 9.17) is 4.98 Å². The van der Waals surface area contributed by atoms with Crippen LogP contribution in [-0.2, 0) is 6.54 Å². The van der Waals surface area contributed by atoms with Crippen molar-refractivity contribution in [3.8, 4) is 0 Å². The van der Waals surface area contributed by atoms with Gasteiger partial charge in [-0.25, -0.2) is 4.98 Å². The summed E-state index contributed by atoms with van der Waals surface area (Å²) in [7, 11) is 1.96. The van der Waals surface area contributed by atoms with Gasteiger partial charge in [-0.2, -0.15) is 0 Å². The van der Waals surface area contributed by atoms with Gasteiger partial charge in [0.25, 0.3) is 0 Å². The zero-order valence-corrected chi connectivity index (χ0v) is 13.7. The molecule has 1 aliphatic heterocycles. The van der Waals surface area contributed by atoms with E-state index in [1.54, 1.807) is 11.3 Å². The van der Waals surface area contributed by atoms with E-state index in [9.17, 15) is 0 Å². The van der Waals surface area contributed by atoms with Crippen molar-refractivity contribution >= 4 is 17.0 Å². The van der Waals surface area contributed by atoms with E-state index in [1.807, 2.05) is 12.6 Å². The van der Waals surface area contributed by atoms with Crippen LogP contribution in [0.15, 0.2) is 17.6 Å². The molecule has 3 rings (SSSR count). The Bertz CT molecular complexity index is 622. The van der Waals surface area contributed by atoms with Gasteiger partial charge in [0.05, 0.1) is 11.2 Å². The Balaban J connectivity index is 1.69. The number of thiazole rings is 1. The highest BCUT2D eigenvalue weighted by Crippen LogP contribution is 2.29.